The maximum Gasteiger partial charge on any atom is 0.321 e. The predicted octanol–water partition coefficient (Wildman–Crippen LogP) is 5.19. The van der Waals surface area contributed by atoms with Crippen LogP contribution in [0.25, 0.3) is 10.9 Å². The topological polar surface area (TPSA) is 83.6 Å². The number of aliphatic carboxylic acids is 1. The summed E-state index contributed by atoms with van der Waals surface area (Å²) >= 11 is 6.29. The van der Waals surface area contributed by atoms with E-state index in [0.717, 1.165) is 27.6 Å². The second-order valence-corrected chi connectivity index (χ2v) is 8.14. The second-order valence-electron chi connectivity index (χ2n) is 7.71. The lowest BCUT2D eigenvalue weighted by atomic mass is 10.0. The SMILES string of the molecule is COc1cc(Cl)cc(CN[C@H](Cc2c[nH]c3ccccc23)C(=O)O)c1OCc1ccccc1. The van der Waals surface area contributed by atoms with Gasteiger partial charge in [-0.25, -0.2) is 0 Å². The molecule has 7 heteroatoms. The summed E-state index contributed by atoms with van der Waals surface area (Å²) in [6, 6.07) is 20.3. The van der Waals surface area contributed by atoms with Crippen molar-refractivity contribution >= 4 is 28.5 Å². The Kier molecular flexibility index (Phi) is 7.17. The lowest BCUT2D eigenvalue weighted by Gasteiger charge is -2.19. The van der Waals surface area contributed by atoms with E-state index in [9.17, 15) is 9.90 Å². The fourth-order valence-electron chi connectivity index (χ4n) is 3.80. The molecule has 3 aromatic carbocycles. The Morgan fingerprint density at radius 3 is 2.61 bits per heavy atom. The second kappa shape index (κ2) is 10.4. The summed E-state index contributed by atoms with van der Waals surface area (Å²) in [6.45, 7) is 0.601. The van der Waals surface area contributed by atoms with E-state index in [1.165, 1.54) is 0 Å². The van der Waals surface area contributed by atoms with Crippen LogP contribution in [0.2, 0.25) is 5.02 Å². The van der Waals surface area contributed by atoms with Crippen LogP contribution in [0.3, 0.4) is 0 Å². The molecule has 6 nitrogen and oxygen atoms in total. The molecule has 33 heavy (non-hydrogen) atoms. The molecular weight excluding hydrogens is 440 g/mol. The number of nitrogens with one attached hydrogen (secondary N) is 2. The fraction of sp³-hybridized carbons (Fsp3) is 0.192. The van der Waals surface area contributed by atoms with E-state index in [2.05, 4.69) is 10.3 Å². The van der Waals surface area contributed by atoms with Crippen LogP contribution in [-0.2, 0) is 24.4 Å². The standard InChI is InChI=1S/C26H25ClN2O4/c1-32-24-13-20(27)11-19(25(24)33-16-17-7-3-2-4-8-17)15-29-23(26(30)31)12-18-14-28-22-10-6-5-9-21(18)22/h2-11,13-14,23,28-29H,12,15-16H2,1H3,(H,30,31)/t23-/m1/s1. The molecule has 3 N–H and O–H groups in total. The van der Waals surface area contributed by atoms with Gasteiger partial charge in [0.15, 0.2) is 11.5 Å². The number of methoxy groups -OCH3 is 1. The molecular formula is C26H25ClN2O4. The zero-order chi connectivity index (χ0) is 23.2. The molecule has 0 amide bonds. The number of rotatable bonds is 10. The highest BCUT2D eigenvalue weighted by atomic mass is 35.5. The Morgan fingerprint density at radius 1 is 1.09 bits per heavy atom. The number of aromatic nitrogens is 1. The Balaban J connectivity index is 1.53. The molecule has 1 aromatic heterocycles. The van der Waals surface area contributed by atoms with E-state index in [1.807, 2.05) is 60.8 Å². The van der Waals surface area contributed by atoms with E-state index in [4.69, 9.17) is 21.1 Å². The van der Waals surface area contributed by atoms with Gasteiger partial charge in [0.2, 0.25) is 0 Å². The largest absolute Gasteiger partial charge is 0.493 e. The van der Waals surface area contributed by atoms with Crippen LogP contribution < -0.4 is 14.8 Å². The van der Waals surface area contributed by atoms with Crippen molar-refractivity contribution in [3.63, 3.8) is 0 Å². The lowest BCUT2D eigenvalue weighted by Crippen LogP contribution is -2.38. The summed E-state index contributed by atoms with van der Waals surface area (Å²) in [6.07, 6.45) is 2.19. The Labute approximate surface area is 197 Å². The molecule has 4 aromatic rings. The maximum absolute atomic E-state index is 12.0. The van der Waals surface area contributed by atoms with Gasteiger partial charge in [-0.2, -0.15) is 0 Å². The number of hydrogen-bond acceptors (Lipinski definition) is 4. The minimum atomic E-state index is -0.930. The van der Waals surface area contributed by atoms with E-state index in [0.29, 0.717) is 29.5 Å². The third kappa shape index (κ3) is 5.48. The van der Waals surface area contributed by atoms with Gasteiger partial charge in [-0.1, -0.05) is 60.1 Å². The van der Waals surface area contributed by atoms with Crippen molar-refractivity contribution in [2.75, 3.05) is 7.11 Å². The number of aromatic amines is 1. The minimum Gasteiger partial charge on any atom is -0.493 e. The van der Waals surface area contributed by atoms with Crippen molar-refractivity contribution in [1.29, 1.82) is 0 Å². The summed E-state index contributed by atoms with van der Waals surface area (Å²) in [5.74, 6) is 0.106. The molecule has 0 aliphatic carbocycles. The Bertz CT molecular complexity index is 1240. The smallest absolute Gasteiger partial charge is 0.321 e. The molecule has 0 spiro atoms. The molecule has 0 aliphatic rings. The first-order chi connectivity index (χ1) is 16.0. The molecule has 0 saturated carbocycles. The molecule has 0 aliphatic heterocycles. The van der Waals surface area contributed by atoms with Crippen LogP contribution in [0.4, 0.5) is 0 Å². The molecule has 0 saturated heterocycles. The van der Waals surface area contributed by atoms with Gasteiger partial charge >= 0.3 is 5.97 Å². The predicted molar refractivity (Wildman–Crippen MR) is 129 cm³/mol. The van der Waals surface area contributed by atoms with Crippen LogP contribution in [0, 0.1) is 0 Å². The highest BCUT2D eigenvalue weighted by Crippen LogP contribution is 2.35. The quantitative estimate of drug-likeness (QED) is 0.300. The van der Waals surface area contributed by atoms with Gasteiger partial charge in [0, 0.05) is 46.7 Å². The monoisotopic (exact) mass is 464 g/mol. The third-order valence-corrected chi connectivity index (χ3v) is 5.70. The summed E-state index contributed by atoms with van der Waals surface area (Å²) in [5.41, 5.74) is 3.65. The average molecular weight is 465 g/mol. The number of H-pyrrole nitrogens is 1. The van der Waals surface area contributed by atoms with Gasteiger partial charge in [0.05, 0.1) is 7.11 Å². The number of carboxylic acid groups (broad SMARTS) is 1. The minimum absolute atomic E-state index is 0.250. The number of halogens is 1. The number of benzene rings is 3. The number of para-hydroxylation sites is 1. The number of carboxylic acids is 1. The highest BCUT2D eigenvalue weighted by molar-refractivity contribution is 6.30. The Morgan fingerprint density at radius 2 is 1.85 bits per heavy atom. The zero-order valence-electron chi connectivity index (χ0n) is 18.2. The van der Waals surface area contributed by atoms with E-state index < -0.39 is 12.0 Å². The van der Waals surface area contributed by atoms with Gasteiger partial charge in [-0.3, -0.25) is 10.1 Å². The van der Waals surface area contributed by atoms with E-state index >= 15 is 0 Å². The highest BCUT2D eigenvalue weighted by Gasteiger charge is 2.21. The fourth-order valence-corrected chi connectivity index (χ4v) is 4.03. The molecule has 0 radical (unpaired) electrons. The number of carbonyl (C=O) groups is 1. The van der Waals surface area contributed by atoms with Crippen molar-refractivity contribution in [3.05, 3.63) is 94.6 Å². The summed E-state index contributed by atoms with van der Waals surface area (Å²) in [5, 5.41) is 14.5. The van der Waals surface area contributed by atoms with Gasteiger partial charge < -0.3 is 19.6 Å². The first-order valence-electron chi connectivity index (χ1n) is 10.6. The van der Waals surface area contributed by atoms with Crippen molar-refractivity contribution in [2.24, 2.45) is 0 Å². The van der Waals surface area contributed by atoms with Crippen LogP contribution >= 0.6 is 11.6 Å². The van der Waals surface area contributed by atoms with Crippen molar-refractivity contribution < 1.29 is 19.4 Å². The van der Waals surface area contributed by atoms with Gasteiger partial charge in [-0.15, -0.1) is 0 Å². The Hall–Kier alpha value is -3.48. The van der Waals surface area contributed by atoms with Crippen molar-refractivity contribution in [3.8, 4) is 11.5 Å². The van der Waals surface area contributed by atoms with Crippen LogP contribution in [0.15, 0.2) is 72.9 Å². The summed E-state index contributed by atoms with van der Waals surface area (Å²) in [7, 11) is 1.55. The zero-order valence-corrected chi connectivity index (χ0v) is 18.9. The molecule has 0 unspecified atom stereocenters. The van der Waals surface area contributed by atoms with Crippen LogP contribution in [0.1, 0.15) is 16.7 Å². The first-order valence-corrected chi connectivity index (χ1v) is 11.0. The van der Waals surface area contributed by atoms with Gasteiger partial charge in [0.25, 0.3) is 0 Å². The van der Waals surface area contributed by atoms with Gasteiger partial charge in [-0.05, 0) is 23.3 Å². The summed E-state index contributed by atoms with van der Waals surface area (Å²) < 4.78 is 11.6. The summed E-state index contributed by atoms with van der Waals surface area (Å²) in [4.78, 5) is 15.2. The molecule has 1 heterocycles. The molecule has 0 fully saturated rings. The lowest BCUT2D eigenvalue weighted by molar-refractivity contribution is -0.139. The molecule has 4 rings (SSSR count). The average Bonchev–Trinajstić information content (AvgIpc) is 3.24. The third-order valence-electron chi connectivity index (χ3n) is 5.48. The van der Waals surface area contributed by atoms with Crippen molar-refractivity contribution in [1.82, 2.24) is 10.3 Å². The molecule has 0 bridgehead atoms. The number of hydrogen-bond donors (Lipinski definition) is 3. The van der Waals surface area contributed by atoms with Crippen molar-refractivity contribution in [2.45, 2.75) is 25.6 Å². The van der Waals surface area contributed by atoms with E-state index in [-0.39, 0.29) is 6.54 Å². The first kappa shape index (κ1) is 22.7. The van der Waals surface area contributed by atoms with E-state index in [1.54, 1.807) is 19.2 Å². The molecule has 1 atom stereocenters. The normalized spacial score (nSPS) is 11.9. The van der Waals surface area contributed by atoms with Crippen LogP contribution in [0.5, 0.6) is 11.5 Å². The van der Waals surface area contributed by atoms with Gasteiger partial charge in [0.1, 0.15) is 12.6 Å². The molecule has 170 valence electrons. The number of fused-ring (bicyclic) bond motifs is 1. The maximum atomic E-state index is 12.0. The van der Waals surface area contributed by atoms with Crippen LogP contribution in [-0.4, -0.2) is 29.2 Å². The number of ether oxygens (including phenoxy) is 2.